The highest BCUT2D eigenvalue weighted by atomic mass is 16.5. The molecule has 2 heterocycles. The lowest BCUT2D eigenvalue weighted by Crippen LogP contribution is -2.40. The standard InChI is InChI=1S/C17H22N4O/c1-12-3-5-16(22-2)14(11-12)15-4-6-17(20-19-15)21-9-7-13(18)8-10-21/h3-6,11,13H,7-10,18H2,1-2H3. The maximum atomic E-state index is 5.94. The quantitative estimate of drug-likeness (QED) is 0.942. The maximum Gasteiger partial charge on any atom is 0.151 e. The fourth-order valence-corrected chi connectivity index (χ4v) is 2.79. The van der Waals surface area contributed by atoms with Crippen molar-refractivity contribution in [3.05, 3.63) is 35.9 Å². The molecule has 0 amide bonds. The molecule has 0 saturated carbocycles. The van der Waals surface area contributed by atoms with Gasteiger partial charge >= 0.3 is 0 Å². The first-order valence-corrected chi connectivity index (χ1v) is 7.66. The lowest BCUT2D eigenvalue weighted by molar-refractivity contribution is 0.416. The van der Waals surface area contributed by atoms with Crippen LogP contribution in [-0.2, 0) is 0 Å². The summed E-state index contributed by atoms with van der Waals surface area (Å²) >= 11 is 0. The zero-order valence-corrected chi connectivity index (χ0v) is 13.1. The van der Waals surface area contributed by atoms with Crippen molar-refractivity contribution in [2.24, 2.45) is 5.73 Å². The zero-order chi connectivity index (χ0) is 15.5. The van der Waals surface area contributed by atoms with E-state index in [1.54, 1.807) is 7.11 Å². The van der Waals surface area contributed by atoms with Crippen molar-refractivity contribution in [2.75, 3.05) is 25.1 Å². The van der Waals surface area contributed by atoms with Crippen LogP contribution in [0, 0.1) is 6.92 Å². The van der Waals surface area contributed by atoms with Crippen molar-refractivity contribution in [2.45, 2.75) is 25.8 Å². The zero-order valence-electron chi connectivity index (χ0n) is 13.1. The van der Waals surface area contributed by atoms with Gasteiger partial charge in [0.25, 0.3) is 0 Å². The minimum absolute atomic E-state index is 0.319. The summed E-state index contributed by atoms with van der Waals surface area (Å²) in [6.07, 6.45) is 2.02. The summed E-state index contributed by atoms with van der Waals surface area (Å²) in [5, 5.41) is 8.78. The lowest BCUT2D eigenvalue weighted by atomic mass is 10.1. The Bertz CT molecular complexity index is 634. The third-order valence-electron chi connectivity index (χ3n) is 4.15. The van der Waals surface area contributed by atoms with E-state index in [0.29, 0.717) is 6.04 Å². The third kappa shape index (κ3) is 3.04. The van der Waals surface area contributed by atoms with Gasteiger partial charge in [0.1, 0.15) is 5.75 Å². The first-order chi connectivity index (χ1) is 10.7. The van der Waals surface area contributed by atoms with Crippen LogP contribution in [0.2, 0.25) is 0 Å². The Morgan fingerprint density at radius 2 is 1.91 bits per heavy atom. The number of methoxy groups -OCH3 is 1. The first kappa shape index (κ1) is 14.8. The number of nitrogens with two attached hydrogens (primary N) is 1. The Balaban J connectivity index is 1.84. The molecule has 1 aliphatic rings. The van der Waals surface area contributed by atoms with E-state index in [1.807, 2.05) is 24.3 Å². The number of aryl methyl sites for hydroxylation is 1. The molecule has 0 bridgehead atoms. The summed E-state index contributed by atoms with van der Waals surface area (Å²) in [7, 11) is 1.67. The van der Waals surface area contributed by atoms with Crippen molar-refractivity contribution in [3.63, 3.8) is 0 Å². The van der Waals surface area contributed by atoms with E-state index in [9.17, 15) is 0 Å². The van der Waals surface area contributed by atoms with Gasteiger partial charge in [-0.05, 0) is 44.0 Å². The summed E-state index contributed by atoms with van der Waals surface area (Å²) in [6.45, 7) is 3.95. The molecule has 2 aromatic rings. The van der Waals surface area contributed by atoms with Gasteiger partial charge in [-0.3, -0.25) is 0 Å². The van der Waals surface area contributed by atoms with Crippen molar-refractivity contribution < 1.29 is 4.74 Å². The largest absolute Gasteiger partial charge is 0.496 e. The molecule has 1 aliphatic heterocycles. The van der Waals surface area contributed by atoms with Crippen LogP contribution in [0.4, 0.5) is 5.82 Å². The fraction of sp³-hybridized carbons (Fsp3) is 0.412. The van der Waals surface area contributed by atoms with Crippen molar-refractivity contribution in [1.29, 1.82) is 0 Å². The molecule has 5 nitrogen and oxygen atoms in total. The lowest BCUT2D eigenvalue weighted by Gasteiger charge is -2.30. The SMILES string of the molecule is COc1ccc(C)cc1-c1ccc(N2CCC(N)CC2)nn1. The van der Waals surface area contributed by atoms with Gasteiger partial charge in [0.05, 0.1) is 12.8 Å². The molecule has 1 aromatic carbocycles. The van der Waals surface area contributed by atoms with E-state index in [4.69, 9.17) is 10.5 Å². The minimum atomic E-state index is 0.319. The highest BCUT2D eigenvalue weighted by Gasteiger charge is 2.18. The van der Waals surface area contributed by atoms with Gasteiger partial charge in [-0.2, -0.15) is 0 Å². The average molecular weight is 298 g/mol. The number of hydrogen-bond acceptors (Lipinski definition) is 5. The van der Waals surface area contributed by atoms with E-state index in [-0.39, 0.29) is 0 Å². The van der Waals surface area contributed by atoms with E-state index in [1.165, 1.54) is 5.56 Å². The Morgan fingerprint density at radius 1 is 1.14 bits per heavy atom. The summed E-state index contributed by atoms with van der Waals surface area (Å²) in [4.78, 5) is 2.24. The first-order valence-electron chi connectivity index (χ1n) is 7.66. The highest BCUT2D eigenvalue weighted by molar-refractivity contribution is 5.68. The molecular formula is C17H22N4O. The molecule has 1 fully saturated rings. The Hall–Kier alpha value is -2.14. The van der Waals surface area contributed by atoms with Crippen molar-refractivity contribution >= 4 is 5.82 Å². The second-order valence-corrected chi connectivity index (χ2v) is 5.80. The molecule has 1 aromatic heterocycles. The van der Waals surface area contributed by atoms with Gasteiger partial charge in [0, 0.05) is 24.7 Å². The monoisotopic (exact) mass is 298 g/mol. The van der Waals surface area contributed by atoms with Crippen LogP contribution in [-0.4, -0.2) is 36.4 Å². The molecule has 0 atom stereocenters. The van der Waals surface area contributed by atoms with Crippen LogP contribution in [0.1, 0.15) is 18.4 Å². The van der Waals surface area contributed by atoms with Crippen LogP contribution in [0.3, 0.4) is 0 Å². The van der Waals surface area contributed by atoms with Gasteiger partial charge in [-0.1, -0.05) is 11.6 Å². The van der Waals surface area contributed by atoms with Gasteiger partial charge in [-0.25, -0.2) is 0 Å². The number of piperidine rings is 1. The van der Waals surface area contributed by atoms with Crippen LogP contribution in [0.15, 0.2) is 30.3 Å². The molecule has 116 valence electrons. The molecule has 3 rings (SSSR count). The molecule has 5 heteroatoms. The van der Waals surface area contributed by atoms with E-state index in [0.717, 1.165) is 48.8 Å². The van der Waals surface area contributed by atoms with Gasteiger partial charge < -0.3 is 15.4 Å². The maximum absolute atomic E-state index is 5.94. The predicted molar refractivity (Wildman–Crippen MR) is 88.2 cm³/mol. The highest BCUT2D eigenvalue weighted by Crippen LogP contribution is 2.29. The fourth-order valence-electron chi connectivity index (χ4n) is 2.79. The number of benzene rings is 1. The summed E-state index contributed by atoms with van der Waals surface area (Å²) < 4.78 is 5.42. The number of aromatic nitrogens is 2. The number of rotatable bonds is 3. The number of hydrogen-bond donors (Lipinski definition) is 1. The number of nitrogens with zero attached hydrogens (tertiary/aromatic N) is 3. The Morgan fingerprint density at radius 3 is 2.55 bits per heavy atom. The molecule has 0 unspecified atom stereocenters. The number of ether oxygens (including phenoxy) is 1. The summed E-state index contributed by atoms with van der Waals surface area (Å²) in [5.74, 6) is 1.74. The van der Waals surface area contributed by atoms with Gasteiger partial charge in [0.15, 0.2) is 5.82 Å². The molecule has 0 aliphatic carbocycles. The third-order valence-corrected chi connectivity index (χ3v) is 4.15. The minimum Gasteiger partial charge on any atom is -0.496 e. The van der Waals surface area contributed by atoms with E-state index < -0.39 is 0 Å². The van der Waals surface area contributed by atoms with Crippen LogP contribution in [0.5, 0.6) is 5.75 Å². The van der Waals surface area contributed by atoms with E-state index >= 15 is 0 Å². The molecular weight excluding hydrogens is 276 g/mol. The topological polar surface area (TPSA) is 64.3 Å². The Labute approximate surface area is 131 Å². The molecule has 1 saturated heterocycles. The van der Waals surface area contributed by atoms with Crippen LogP contribution >= 0.6 is 0 Å². The second-order valence-electron chi connectivity index (χ2n) is 5.80. The van der Waals surface area contributed by atoms with Crippen molar-refractivity contribution in [3.8, 4) is 17.0 Å². The van der Waals surface area contributed by atoms with Crippen LogP contribution in [0.25, 0.3) is 11.3 Å². The molecule has 2 N–H and O–H groups in total. The number of anilines is 1. The summed E-state index contributed by atoms with van der Waals surface area (Å²) in [5.41, 5.74) is 8.92. The molecule has 0 radical (unpaired) electrons. The summed E-state index contributed by atoms with van der Waals surface area (Å²) in [6, 6.07) is 10.4. The van der Waals surface area contributed by atoms with E-state index in [2.05, 4.69) is 28.1 Å². The smallest absolute Gasteiger partial charge is 0.151 e. The van der Waals surface area contributed by atoms with Crippen LogP contribution < -0.4 is 15.4 Å². The van der Waals surface area contributed by atoms with Gasteiger partial charge in [0.2, 0.25) is 0 Å². The van der Waals surface area contributed by atoms with Gasteiger partial charge in [-0.15, -0.1) is 10.2 Å². The predicted octanol–water partition coefficient (Wildman–Crippen LogP) is 2.39. The molecule has 22 heavy (non-hydrogen) atoms. The molecule has 0 spiro atoms. The average Bonchev–Trinajstić information content (AvgIpc) is 2.56. The van der Waals surface area contributed by atoms with Crippen molar-refractivity contribution in [1.82, 2.24) is 10.2 Å². The normalized spacial score (nSPS) is 15.9. The Kier molecular flexibility index (Phi) is 4.24. The second kappa shape index (κ2) is 6.32.